The Morgan fingerprint density at radius 2 is 2.24 bits per heavy atom. The Morgan fingerprint density at radius 3 is 3.04 bits per heavy atom. The molecule has 1 aromatic heterocycles. The van der Waals surface area contributed by atoms with Crippen molar-refractivity contribution in [1.82, 2.24) is 9.88 Å². The second-order valence-corrected chi connectivity index (χ2v) is 7.15. The Balaban J connectivity index is 1.69. The Hall–Kier alpha value is -1.89. The van der Waals surface area contributed by atoms with E-state index in [9.17, 15) is 14.7 Å². The molecule has 0 bridgehead atoms. The van der Waals surface area contributed by atoms with Gasteiger partial charge in [0.15, 0.2) is 0 Å². The molecule has 1 amide bonds. The van der Waals surface area contributed by atoms with Crippen molar-refractivity contribution in [3.63, 3.8) is 0 Å². The summed E-state index contributed by atoms with van der Waals surface area (Å²) in [6.07, 6.45) is 2.85. The van der Waals surface area contributed by atoms with Gasteiger partial charge in [0.2, 0.25) is 5.43 Å². The lowest BCUT2D eigenvalue weighted by Crippen LogP contribution is -2.52. The van der Waals surface area contributed by atoms with E-state index in [1.165, 1.54) is 6.20 Å². The summed E-state index contributed by atoms with van der Waals surface area (Å²) in [6, 6.07) is 4.85. The monoisotopic (exact) mass is 362 g/mol. The first-order valence-corrected chi connectivity index (χ1v) is 8.80. The van der Waals surface area contributed by atoms with Crippen LogP contribution in [0.15, 0.2) is 29.2 Å². The standard InChI is InChI=1S/C18H19ClN2O4/c19-11-1-2-12-14(7-11)20-8-13(17(12)23)18(24)21-3-4-25-16-6-10(9-22)5-15(16)21/h1-2,7-8,10,15-16,22H,3-6,9H2,(H,20,23)/t10-,15+,16?/m1/s1. The van der Waals surface area contributed by atoms with Crippen molar-refractivity contribution in [2.45, 2.75) is 25.0 Å². The predicted molar refractivity (Wildman–Crippen MR) is 94.0 cm³/mol. The van der Waals surface area contributed by atoms with Gasteiger partial charge < -0.3 is 19.7 Å². The molecule has 2 fully saturated rings. The molecule has 6 nitrogen and oxygen atoms in total. The lowest BCUT2D eigenvalue weighted by Gasteiger charge is -2.37. The number of benzene rings is 1. The highest BCUT2D eigenvalue weighted by Gasteiger charge is 2.43. The van der Waals surface area contributed by atoms with Crippen LogP contribution in [0.2, 0.25) is 5.02 Å². The van der Waals surface area contributed by atoms with E-state index >= 15 is 0 Å². The minimum absolute atomic E-state index is 0.0619. The second-order valence-electron chi connectivity index (χ2n) is 6.72. The number of hydrogen-bond acceptors (Lipinski definition) is 4. The molecule has 1 unspecified atom stereocenters. The van der Waals surface area contributed by atoms with Crippen molar-refractivity contribution < 1.29 is 14.6 Å². The maximum Gasteiger partial charge on any atom is 0.259 e. The van der Waals surface area contributed by atoms with Gasteiger partial charge in [-0.25, -0.2) is 0 Å². The number of nitrogens with one attached hydrogen (secondary N) is 1. The van der Waals surface area contributed by atoms with Crippen LogP contribution in [0.5, 0.6) is 0 Å². The predicted octanol–water partition coefficient (Wildman–Crippen LogP) is 1.79. The summed E-state index contributed by atoms with van der Waals surface area (Å²) in [5, 5.41) is 10.4. The molecular formula is C18H19ClN2O4. The molecule has 7 heteroatoms. The van der Waals surface area contributed by atoms with Crippen LogP contribution in [0.25, 0.3) is 10.9 Å². The maximum absolute atomic E-state index is 13.0. The number of carbonyl (C=O) groups is 1. The Labute approximate surface area is 149 Å². The van der Waals surface area contributed by atoms with Gasteiger partial charge in [-0.3, -0.25) is 9.59 Å². The summed E-state index contributed by atoms with van der Waals surface area (Å²) in [5.41, 5.74) is 0.438. The average Bonchev–Trinajstić information content (AvgIpc) is 3.04. The summed E-state index contributed by atoms with van der Waals surface area (Å²) >= 11 is 5.95. The highest BCUT2D eigenvalue weighted by molar-refractivity contribution is 6.31. The number of nitrogens with zero attached hydrogens (tertiary/aromatic N) is 1. The zero-order valence-corrected chi connectivity index (χ0v) is 14.3. The van der Waals surface area contributed by atoms with Gasteiger partial charge in [0.1, 0.15) is 5.56 Å². The van der Waals surface area contributed by atoms with Gasteiger partial charge in [0.05, 0.1) is 24.3 Å². The number of H-pyrrole nitrogens is 1. The van der Waals surface area contributed by atoms with Crippen LogP contribution in [0, 0.1) is 5.92 Å². The first-order chi connectivity index (χ1) is 12.1. The van der Waals surface area contributed by atoms with E-state index < -0.39 is 0 Å². The van der Waals surface area contributed by atoms with Gasteiger partial charge in [-0.2, -0.15) is 0 Å². The van der Waals surface area contributed by atoms with Crippen LogP contribution in [-0.4, -0.2) is 52.8 Å². The van der Waals surface area contributed by atoms with Gasteiger partial charge in [0.25, 0.3) is 5.91 Å². The molecule has 132 valence electrons. The smallest absolute Gasteiger partial charge is 0.259 e. The Morgan fingerprint density at radius 1 is 1.40 bits per heavy atom. The first-order valence-electron chi connectivity index (χ1n) is 8.43. The zero-order chi connectivity index (χ0) is 17.6. The van der Waals surface area contributed by atoms with Gasteiger partial charge >= 0.3 is 0 Å². The fraction of sp³-hybridized carbons (Fsp3) is 0.444. The van der Waals surface area contributed by atoms with Gasteiger partial charge in [0, 0.05) is 29.8 Å². The molecule has 1 aliphatic carbocycles. The largest absolute Gasteiger partial charge is 0.396 e. The third-order valence-corrected chi connectivity index (χ3v) is 5.46. The zero-order valence-electron chi connectivity index (χ0n) is 13.6. The normalized spacial score (nSPS) is 26.0. The molecule has 4 rings (SSSR count). The molecule has 25 heavy (non-hydrogen) atoms. The quantitative estimate of drug-likeness (QED) is 0.853. The molecule has 2 aromatic rings. The van der Waals surface area contributed by atoms with E-state index in [0.717, 1.165) is 6.42 Å². The maximum atomic E-state index is 13.0. The van der Waals surface area contributed by atoms with E-state index in [0.29, 0.717) is 35.5 Å². The van der Waals surface area contributed by atoms with E-state index in [1.54, 1.807) is 23.1 Å². The third-order valence-electron chi connectivity index (χ3n) is 5.23. The fourth-order valence-corrected chi connectivity index (χ4v) is 4.13. The van der Waals surface area contributed by atoms with Crippen molar-refractivity contribution in [2.75, 3.05) is 19.8 Å². The van der Waals surface area contributed by atoms with Crippen LogP contribution in [-0.2, 0) is 4.74 Å². The second kappa shape index (κ2) is 6.44. The lowest BCUT2D eigenvalue weighted by atomic mass is 10.1. The fourth-order valence-electron chi connectivity index (χ4n) is 3.96. The molecule has 3 atom stereocenters. The SMILES string of the molecule is O=C(c1c[nH]c2cc(Cl)ccc2c1=O)N1CCOC2C[C@H](CO)C[C@@H]21. The topological polar surface area (TPSA) is 82.6 Å². The number of rotatable bonds is 2. The number of halogens is 1. The molecule has 1 aromatic carbocycles. The van der Waals surface area contributed by atoms with Crippen LogP contribution in [0.1, 0.15) is 23.2 Å². The van der Waals surface area contributed by atoms with Gasteiger partial charge in [-0.15, -0.1) is 0 Å². The first kappa shape index (κ1) is 16.6. The number of amides is 1. The molecule has 1 saturated heterocycles. The summed E-state index contributed by atoms with van der Waals surface area (Å²) in [7, 11) is 0. The van der Waals surface area contributed by atoms with Crippen LogP contribution in [0.4, 0.5) is 0 Å². The van der Waals surface area contributed by atoms with Crippen LogP contribution >= 0.6 is 11.6 Å². The highest BCUT2D eigenvalue weighted by Crippen LogP contribution is 2.34. The molecular weight excluding hydrogens is 344 g/mol. The van der Waals surface area contributed by atoms with E-state index in [4.69, 9.17) is 16.3 Å². The number of aromatic amines is 1. The molecule has 1 saturated carbocycles. The highest BCUT2D eigenvalue weighted by atomic mass is 35.5. The molecule has 2 aliphatic rings. The number of fused-ring (bicyclic) bond motifs is 2. The van der Waals surface area contributed by atoms with E-state index in [1.807, 2.05) is 0 Å². The van der Waals surface area contributed by atoms with Crippen molar-refractivity contribution in [1.29, 1.82) is 0 Å². The van der Waals surface area contributed by atoms with Crippen molar-refractivity contribution in [3.8, 4) is 0 Å². The van der Waals surface area contributed by atoms with Gasteiger partial charge in [-0.05, 0) is 37.0 Å². The van der Waals surface area contributed by atoms with E-state index in [-0.39, 0.29) is 41.6 Å². The van der Waals surface area contributed by atoms with E-state index in [2.05, 4.69) is 4.98 Å². The molecule has 0 spiro atoms. The van der Waals surface area contributed by atoms with Gasteiger partial charge in [-0.1, -0.05) is 11.6 Å². The summed E-state index contributed by atoms with van der Waals surface area (Å²) in [5.74, 6) is -0.143. The van der Waals surface area contributed by atoms with Crippen molar-refractivity contribution in [2.24, 2.45) is 5.92 Å². The number of aromatic nitrogens is 1. The number of aliphatic hydroxyl groups excluding tert-OH is 1. The average molecular weight is 363 g/mol. The number of pyridine rings is 1. The number of morpholine rings is 1. The molecule has 1 aliphatic heterocycles. The number of carbonyl (C=O) groups excluding carboxylic acids is 1. The summed E-state index contributed by atoms with van der Waals surface area (Å²) in [4.78, 5) is 30.5. The number of hydrogen-bond donors (Lipinski definition) is 2. The minimum atomic E-state index is -0.296. The molecule has 2 heterocycles. The summed E-state index contributed by atoms with van der Waals surface area (Å²) < 4.78 is 5.76. The lowest BCUT2D eigenvalue weighted by molar-refractivity contribution is -0.0449. The number of aliphatic hydroxyl groups is 1. The molecule has 0 radical (unpaired) electrons. The third kappa shape index (κ3) is 2.84. The minimum Gasteiger partial charge on any atom is -0.396 e. The van der Waals surface area contributed by atoms with Crippen LogP contribution in [0.3, 0.4) is 0 Å². The van der Waals surface area contributed by atoms with Crippen molar-refractivity contribution in [3.05, 3.63) is 45.2 Å². The van der Waals surface area contributed by atoms with Crippen LogP contribution < -0.4 is 5.43 Å². The summed E-state index contributed by atoms with van der Waals surface area (Å²) in [6.45, 7) is 0.998. The molecule has 2 N–H and O–H groups in total. The number of ether oxygens (including phenoxy) is 1. The Kier molecular flexibility index (Phi) is 4.27. The Bertz CT molecular complexity index is 881. The van der Waals surface area contributed by atoms with Crippen molar-refractivity contribution >= 4 is 28.4 Å².